The molecule has 3 rings (SSSR count). The molecule has 1 aliphatic heterocycles. The highest BCUT2D eigenvalue weighted by atomic mass is 35.5. The van der Waals surface area contributed by atoms with Crippen molar-refractivity contribution in [3.63, 3.8) is 0 Å². The van der Waals surface area contributed by atoms with Crippen LogP contribution in [0.15, 0.2) is 18.2 Å². The summed E-state index contributed by atoms with van der Waals surface area (Å²) in [7, 11) is 3.22. The van der Waals surface area contributed by atoms with E-state index in [2.05, 4.69) is 5.32 Å². The Kier molecular flexibility index (Phi) is 5.73. The van der Waals surface area contributed by atoms with Gasteiger partial charge in [0.2, 0.25) is 5.91 Å². The Morgan fingerprint density at radius 2 is 1.88 bits per heavy atom. The van der Waals surface area contributed by atoms with Gasteiger partial charge in [-0.3, -0.25) is 9.59 Å². The van der Waals surface area contributed by atoms with Crippen LogP contribution in [0.25, 0.3) is 0 Å². The average molecular weight is 381 g/mol. The van der Waals surface area contributed by atoms with Crippen LogP contribution in [0.3, 0.4) is 0 Å². The van der Waals surface area contributed by atoms with E-state index in [1.807, 2.05) is 4.90 Å². The van der Waals surface area contributed by atoms with Gasteiger partial charge in [0.15, 0.2) is 0 Å². The molecule has 7 heteroatoms. The minimum absolute atomic E-state index is 0.00392. The van der Waals surface area contributed by atoms with Crippen LogP contribution in [0.5, 0.6) is 5.75 Å². The second kappa shape index (κ2) is 7.84. The van der Waals surface area contributed by atoms with Crippen LogP contribution in [0.4, 0.5) is 0 Å². The Morgan fingerprint density at radius 1 is 1.19 bits per heavy atom. The molecule has 0 unspecified atom stereocenters. The van der Waals surface area contributed by atoms with Gasteiger partial charge < -0.3 is 19.7 Å². The molecule has 2 aliphatic rings. The zero-order chi connectivity index (χ0) is 18.8. The van der Waals surface area contributed by atoms with Crippen molar-refractivity contribution < 1.29 is 19.1 Å². The number of carbonyl (C=O) groups is 2. The molecule has 1 saturated heterocycles. The van der Waals surface area contributed by atoms with E-state index in [0.29, 0.717) is 41.3 Å². The van der Waals surface area contributed by atoms with Gasteiger partial charge in [0, 0.05) is 32.7 Å². The van der Waals surface area contributed by atoms with E-state index in [9.17, 15) is 9.59 Å². The van der Waals surface area contributed by atoms with E-state index in [4.69, 9.17) is 21.1 Å². The normalized spacial score (nSPS) is 27.8. The maximum atomic E-state index is 12.9. The first-order chi connectivity index (χ1) is 12.4. The molecule has 4 atom stereocenters. The fourth-order valence-electron chi connectivity index (χ4n) is 4.23. The quantitative estimate of drug-likeness (QED) is 0.870. The van der Waals surface area contributed by atoms with Gasteiger partial charge in [0.05, 0.1) is 24.3 Å². The lowest BCUT2D eigenvalue weighted by Crippen LogP contribution is -2.49. The summed E-state index contributed by atoms with van der Waals surface area (Å²) in [4.78, 5) is 26.2. The first kappa shape index (κ1) is 19.0. The molecule has 6 nitrogen and oxygen atoms in total. The van der Waals surface area contributed by atoms with Crippen molar-refractivity contribution in [1.82, 2.24) is 10.2 Å². The molecule has 1 aromatic rings. The number of amides is 2. The van der Waals surface area contributed by atoms with E-state index in [1.54, 1.807) is 32.4 Å². The Balaban J connectivity index is 1.70. The number of nitrogens with zero attached hydrogens (tertiary/aromatic N) is 1. The number of benzene rings is 1. The minimum Gasteiger partial charge on any atom is -0.495 e. The lowest BCUT2D eigenvalue weighted by Gasteiger charge is -2.37. The van der Waals surface area contributed by atoms with Crippen LogP contribution in [-0.2, 0) is 9.53 Å². The topological polar surface area (TPSA) is 67.9 Å². The van der Waals surface area contributed by atoms with Gasteiger partial charge in [-0.2, -0.15) is 0 Å². The molecule has 1 aromatic carbocycles. The van der Waals surface area contributed by atoms with Crippen LogP contribution < -0.4 is 10.1 Å². The minimum atomic E-state index is -0.0469. The van der Waals surface area contributed by atoms with Crippen LogP contribution in [0, 0.1) is 11.8 Å². The molecular formula is C19H25ClN2O4. The van der Waals surface area contributed by atoms with Crippen LogP contribution >= 0.6 is 11.6 Å². The van der Waals surface area contributed by atoms with Crippen LogP contribution in [0.2, 0.25) is 5.02 Å². The largest absolute Gasteiger partial charge is 0.495 e. The third-order valence-corrected chi connectivity index (χ3v) is 5.79. The number of carbonyl (C=O) groups excluding carboxylic acids is 2. The molecule has 2 fully saturated rings. The Morgan fingerprint density at radius 3 is 2.46 bits per heavy atom. The zero-order valence-electron chi connectivity index (χ0n) is 15.3. The molecular weight excluding hydrogens is 356 g/mol. The third kappa shape index (κ3) is 3.81. The van der Waals surface area contributed by atoms with Gasteiger partial charge in [0.25, 0.3) is 5.91 Å². The fraction of sp³-hybridized carbons (Fsp3) is 0.579. The predicted octanol–water partition coefficient (Wildman–Crippen LogP) is 2.35. The number of halogens is 1. The van der Waals surface area contributed by atoms with Gasteiger partial charge in [-0.25, -0.2) is 0 Å². The summed E-state index contributed by atoms with van der Waals surface area (Å²) < 4.78 is 10.7. The maximum absolute atomic E-state index is 12.9. The van der Waals surface area contributed by atoms with E-state index >= 15 is 0 Å². The molecule has 0 radical (unpaired) electrons. The maximum Gasteiger partial charge on any atom is 0.253 e. The number of hydrogen-bond donors (Lipinski definition) is 1. The van der Waals surface area contributed by atoms with Gasteiger partial charge in [-0.15, -0.1) is 0 Å². The number of hydrogen-bond acceptors (Lipinski definition) is 4. The zero-order valence-corrected chi connectivity index (χ0v) is 16.1. The molecule has 142 valence electrons. The monoisotopic (exact) mass is 380 g/mol. The van der Waals surface area contributed by atoms with E-state index in [-0.39, 0.29) is 24.0 Å². The molecule has 26 heavy (non-hydrogen) atoms. The Bertz CT molecular complexity index is 696. The third-order valence-electron chi connectivity index (χ3n) is 5.49. The molecule has 0 aromatic heterocycles. The van der Waals surface area contributed by atoms with E-state index < -0.39 is 0 Å². The highest BCUT2D eigenvalue weighted by Gasteiger charge is 2.44. The number of likely N-dealkylation sites (tertiary alicyclic amines) is 1. The summed E-state index contributed by atoms with van der Waals surface area (Å²) >= 11 is 6.16. The van der Waals surface area contributed by atoms with Crippen molar-refractivity contribution in [3.05, 3.63) is 28.8 Å². The second-order valence-electron chi connectivity index (χ2n) is 7.13. The molecule has 2 amide bonds. The molecule has 1 aliphatic carbocycles. The molecule has 0 spiro atoms. The first-order valence-corrected chi connectivity index (χ1v) is 9.23. The van der Waals surface area contributed by atoms with Crippen molar-refractivity contribution in [2.75, 3.05) is 27.3 Å². The number of rotatable bonds is 4. The summed E-state index contributed by atoms with van der Waals surface area (Å²) in [5.41, 5.74) is 0.566. The molecule has 1 heterocycles. The van der Waals surface area contributed by atoms with Crippen molar-refractivity contribution in [2.45, 2.75) is 31.9 Å². The van der Waals surface area contributed by atoms with Gasteiger partial charge in [-0.05, 0) is 42.9 Å². The summed E-state index contributed by atoms with van der Waals surface area (Å²) in [6.07, 6.45) is 1.67. The first-order valence-electron chi connectivity index (χ1n) is 8.85. The average Bonchev–Trinajstić information content (AvgIpc) is 3.02. The SMILES string of the molecule is COc1ccc(C(=O)N2C[C@H]3C[C@@H](NC(C)=O)[C@H](OC)C[C@H]3C2)cc1Cl. The number of nitrogens with one attached hydrogen (secondary N) is 1. The van der Waals surface area contributed by atoms with Gasteiger partial charge >= 0.3 is 0 Å². The Labute approximate surface area is 158 Å². The van der Waals surface area contributed by atoms with Gasteiger partial charge in [0.1, 0.15) is 5.75 Å². The number of methoxy groups -OCH3 is 2. The van der Waals surface area contributed by atoms with Crippen LogP contribution in [-0.4, -0.2) is 56.2 Å². The standard InChI is InChI=1S/C19H25ClN2O4/c1-11(23)21-16-7-13-9-22(10-14(13)8-18(16)26-3)19(24)12-4-5-17(25-2)15(20)6-12/h4-6,13-14,16,18H,7-10H2,1-3H3,(H,21,23)/t13-,14+,16-,18-/m1/s1. The smallest absolute Gasteiger partial charge is 0.253 e. The summed E-state index contributed by atoms with van der Waals surface area (Å²) in [5, 5.41) is 3.42. The molecule has 1 N–H and O–H groups in total. The van der Waals surface area contributed by atoms with Crippen LogP contribution in [0.1, 0.15) is 30.1 Å². The fourth-order valence-corrected chi connectivity index (χ4v) is 4.49. The number of ether oxygens (including phenoxy) is 2. The summed E-state index contributed by atoms with van der Waals surface area (Å²) in [6.45, 7) is 2.93. The summed E-state index contributed by atoms with van der Waals surface area (Å²) in [6, 6.07) is 5.12. The van der Waals surface area contributed by atoms with E-state index in [0.717, 1.165) is 12.8 Å². The number of fused-ring (bicyclic) bond motifs is 1. The summed E-state index contributed by atoms with van der Waals surface area (Å²) in [5.74, 6) is 1.25. The highest BCUT2D eigenvalue weighted by molar-refractivity contribution is 6.32. The second-order valence-corrected chi connectivity index (χ2v) is 7.54. The molecule has 0 bridgehead atoms. The van der Waals surface area contributed by atoms with Crippen molar-refractivity contribution in [2.24, 2.45) is 11.8 Å². The lowest BCUT2D eigenvalue weighted by molar-refractivity contribution is -0.121. The molecule has 1 saturated carbocycles. The predicted molar refractivity (Wildman–Crippen MR) is 98.5 cm³/mol. The lowest BCUT2D eigenvalue weighted by atomic mass is 9.77. The van der Waals surface area contributed by atoms with Crippen molar-refractivity contribution in [1.29, 1.82) is 0 Å². The van der Waals surface area contributed by atoms with E-state index in [1.165, 1.54) is 6.92 Å². The Hall–Kier alpha value is -1.79. The van der Waals surface area contributed by atoms with Crippen molar-refractivity contribution in [3.8, 4) is 5.75 Å². The van der Waals surface area contributed by atoms with Crippen molar-refractivity contribution >= 4 is 23.4 Å². The highest BCUT2D eigenvalue weighted by Crippen LogP contribution is 2.38. The van der Waals surface area contributed by atoms with Gasteiger partial charge in [-0.1, -0.05) is 11.6 Å².